The molecule has 0 aliphatic carbocycles. The molecule has 0 spiro atoms. The second-order valence-electron chi connectivity index (χ2n) is 7.48. The number of anilines is 1. The summed E-state index contributed by atoms with van der Waals surface area (Å²) in [5.41, 5.74) is 1.71. The molecule has 0 bridgehead atoms. The first-order valence-electron chi connectivity index (χ1n) is 10.5. The van der Waals surface area contributed by atoms with Gasteiger partial charge in [-0.05, 0) is 42.2 Å². The second kappa shape index (κ2) is 10.8. The van der Waals surface area contributed by atoms with Gasteiger partial charge in [0, 0.05) is 31.5 Å². The third-order valence-electron chi connectivity index (χ3n) is 5.33. The Hall–Kier alpha value is -3.55. The zero-order valence-electron chi connectivity index (χ0n) is 18.5. The maximum atomic E-state index is 12.9. The van der Waals surface area contributed by atoms with Gasteiger partial charge in [0.1, 0.15) is 6.04 Å². The van der Waals surface area contributed by atoms with Gasteiger partial charge in [-0.2, -0.15) is 13.2 Å². The number of halogens is 3. The number of methoxy groups -OCH3 is 1. The molecule has 0 radical (unpaired) electrons. The number of hydrogen-bond donors (Lipinski definition) is 1. The lowest BCUT2D eigenvalue weighted by Crippen LogP contribution is -2.40. The molecule has 1 amide bonds. The van der Waals surface area contributed by atoms with Crippen molar-refractivity contribution in [2.24, 2.45) is 0 Å². The molecule has 1 heterocycles. The summed E-state index contributed by atoms with van der Waals surface area (Å²) in [7, 11) is 3.11. The van der Waals surface area contributed by atoms with Crippen LogP contribution in [0.4, 0.5) is 18.9 Å². The van der Waals surface area contributed by atoms with E-state index in [0.717, 1.165) is 28.9 Å². The molecule has 8 heteroatoms. The van der Waals surface area contributed by atoms with Crippen molar-refractivity contribution in [3.05, 3.63) is 89.6 Å². The first-order chi connectivity index (χ1) is 15.8. The Bertz CT molecular complexity index is 1040. The smallest absolute Gasteiger partial charge is 0.416 e. The number of nitrogens with one attached hydrogen (secondary N) is 1. The van der Waals surface area contributed by atoms with Crippen molar-refractivity contribution >= 4 is 11.6 Å². The summed E-state index contributed by atoms with van der Waals surface area (Å²) in [6.45, 7) is 0.487. The number of amides is 1. The average Bonchev–Trinajstić information content (AvgIpc) is 2.83. The van der Waals surface area contributed by atoms with Crippen molar-refractivity contribution in [2.75, 3.05) is 25.6 Å². The highest BCUT2D eigenvalue weighted by atomic mass is 19.4. The molecule has 5 nitrogen and oxygen atoms in total. The fraction of sp³-hybridized carbons (Fsp3) is 0.280. The molecule has 1 N–H and O–H groups in total. The summed E-state index contributed by atoms with van der Waals surface area (Å²) >= 11 is 0. The first kappa shape index (κ1) is 24.1. The van der Waals surface area contributed by atoms with E-state index in [1.54, 1.807) is 25.4 Å². The maximum Gasteiger partial charge on any atom is 0.416 e. The summed E-state index contributed by atoms with van der Waals surface area (Å²) in [5.74, 6) is 0.246. The van der Waals surface area contributed by atoms with Gasteiger partial charge in [-0.25, -0.2) is 4.98 Å². The highest BCUT2D eigenvalue weighted by Gasteiger charge is 2.30. The van der Waals surface area contributed by atoms with Gasteiger partial charge < -0.3 is 15.0 Å². The fourth-order valence-corrected chi connectivity index (χ4v) is 3.66. The first-order valence-corrected chi connectivity index (χ1v) is 10.5. The molecular weight excluding hydrogens is 431 g/mol. The van der Waals surface area contributed by atoms with E-state index in [1.165, 1.54) is 19.2 Å². The SMILES string of the molecule is CNC(=O)[C@H](c1ccccc1)N(CCCc1ccc(C(F)(F)F)cc1)c1ccnc(OC)c1. The number of hydrogen-bond acceptors (Lipinski definition) is 4. The fourth-order valence-electron chi connectivity index (χ4n) is 3.66. The van der Waals surface area contributed by atoms with Crippen LogP contribution in [0.2, 0.25) is 0 Å². The monoisotopic (exact) mass is 457 g/mol. The van der Waals surface area contributed by atoms with E-state index < -0.39 is 17.8 Å². The molecule has 0 fully saturated rings. The predicted octanol–water partition coefficient (Wildman–Crippen LogP) is 5.04. The number of carbonyl (C=O) groups is 1. The normalized spacial score (nSPS) is 12.2. The van der Waals surface area contributed by atoms with E-state index in [9.17, 15) is 18.0 Å². The van der Waals surface area contributed by atoms with Crippen molar-refractivity contribution in [1.82, 2.24) is 10.3 Å². The van der Waals surface area contributed by atoms with Gasteiger partial charge in [0.25, 0.3) is 0 Å². The average molecular weight is 457 g/mol. The van der Waals surface area contributed by atoms with E-state index in [2.05, 4.69) is 10.3 Å². The van der Waals surface area contributed by atoms with Crippen LogP contribution in [0, 0.1) is 0 Å². The Morgan fingerprint density at radius 3 is 2.39 bits per heavy atom. The molecule has 3 aromatic rings. The highest BCUT2D eigenvalue weighted by molar-refractivity contribution is 5.86. The number of ether oxygens (including phenoxy) is 1. The molecule has 3 rings (SSSR count). The van der Waals surface area contributed by atoms with Crippen molar-refractivity contribution in [1.29, 1.82) is 0 Å². The van der Waals surface area contributed by atoms with Crippen LogP contribution in [-0.4, -0.2) is 31.6 Å². The molecule has 0 unspecified atom stereocenters. The lowest BCUT2D eigenvalue weighted by molar-refractivity contribution is -0.137. The van der Waals surface area contributed by atoms with Gasteiger partial charge >= 0.3 is 6.18 Å². The standard InChI is InChI=1S/C25H26F3N3O2/c1-29-24(32)23(19-8-4-3-5-9-19)31(21-14-15-30-22(17-21)33-2)16-6-7-18-10-12-20(13-11-18)25(26,27)28/h3-5,8-15,17,23H,6-7,16H2,1-2H3,(H,29,32)/t23-/m0/s1. The summed E-state index contributed by atoms with van der Waals surface area (Å²) in [5, 5.41) is 2.74. The number of rotatable bonds is 9. The van der Waals surface area contributed by atoms with E-state index in [1.807, 2.05) is 35.2 Å². The molecule has 33 heavy (non-hydrogen) atoms. The number of carbonyl (C=O) groups excluding carboxylic acids is 1. The quantitative estimate of drug-likeness (QED) is 0.489. The topological polar surface area (TPSA) is 54.5 Å². The largest absolute Gasteiger partial charge is 0.481 e. The van der Waals surface area contributed by atoms with E-state index in [4.69, 9.17) is 4.74 Å². The highest BCUT2D eigenvalue weighted by Crippen LogP contribution is 2.31. The van der Waals surface area contributed by atoms with E-state index >= 15 is 0 Å². The molecule has 0 aliphatic rings. The maximum absolute atomic E-state index is 12.9. The van der Waals surface area contributed by atoms with Gasteiger partial charge in [0.2, 0.25) is 11.8 Å². The van der Waals surface area contributed by atoms with Crippen LogP contribution in [-0.2, 0) is 17.4 Å². The minimum atomic E-state index is -4.36. The van der Waals surface area contributed by atoms with Crippen LogP contribution in [0.25, 0.3) is 0 Å². The number of aromatic nitrogens is 1. The Labute approximate surface area is 191 Å². The number of likely N-dealkylation sites (N-methyl/N-ethyl adjacent to an activating group) is 1. The van der Waals surface area contributed by atoms with E-state index in [-0.39, 0.29) is 5.91 Å². The van der Waals surface area contributed by atoms with Gasteiger partial charge in [-0.15, -0.1) is 0 Å². The van der Waals surface area contributed by atoms with E-state index in [0.29, 0.717) is 25.3 Å². The van der Waals surface area contributed by atoms with Crippen molar-refractivity contribution in [3.8, 4) is 5.88 Å². The van der Waals surface area contributed by atoms with Crippen LogP contribution in [0.5, 0.6) is 5.88 Å². The van der Waals surface area contributed by atoms with Crippen molar-refractivity contribution in [3.63, 3.8) is 0 Å². The molecule has 0 aliphatic heterocycles. The third kappa shape index (κ3) is 6.25. The second-order valence-corrected chi connectivity index (χ2v) is 7.48. The van der Waals surface area contributed by atoms with Gasteiger partial charge in [-0.1, -0.05) is 42.5 Å². The van der Waals surface area contributed by atoms with Crippen molar-refractivity contribution < 1.29 is 22.7 Å². The minimum Gasteiger partial charge on any atom is -0.481 e. The third-order valence-corrected chi connectivity index (χ3v) is 5.33. The number of benzene rings is 2. The van der Waals surface area contributed by atoms with Gasteiger partial charge in [0.15, 0.2) is 0 Å². The Morgan fingerprint density at radius 1 is 1.09 bits per heavy atom. The van der Waals surface area contributed by atoms with Crippen LogP contribution in [0.1, 0.15) is 29.2 Å². The summed E-state index contributed by atoms with van der Waals surface area (Å²) in [6.07, 6.45) is -1.56. The predicted molar refractivity (Wildman–Crippen MR) is 121 cm³/mol. The Kier molecular flexibility index (Phi) is 7.92. The summed E-state index contributed by atoms with van der Waals surface area (Å²) < 4.78 is 43.7. The molecule has 1 atom stereocenters. The minimum absolute atomic E-state index is 0.175. The molecule has 2 aromatic carbocycles. The van der Waals surface area contributed by atoms with Crippen LogP contribution in [0.15, 0.2) is 72.9 Å². The number of aryl methyl sites for hydroxylation is 1. The number of nitrogens with zero attached hydrogens (tertiary/aromatic N) is 2. The van der Waals surface area contributed by atoms with Crippen LogP contribution >= 0.6 is 0 Å². The van der Waals surface area contributed by atoms with Gasteiger partial charge in [-0.3, -0.25) is 4.79 Å². The van der Waals surface area contributed by atoms with Crippen LogP contribution < -0.4 is 15.0 Å². The molecule has 0 saturated heterocycles. The lowest BCUT2D eigenvalue weighted by atomic mass is 10.0. The summed E-state index contributed by atoms with van der Waals surface area (Å²) in [4.78, 5) is 19.1. The number of alkyl halides is 3. The molecule has 1 aromatic heterocycles. The molecule has 174 valence electrons. The zero-order chi connectivity index (χ0) is 23.8. The van der Waals surface area contributed by atoms with Gasteiger partial charge in [0.05, 0.1) is 12.7 Å². The number of pyridine rings is 1. The van der Waals surface area contributed by atoms with Crippen LogP contribution in [0.3, 0.4) is 0 Å². The lowest BCUT2D eigenvalue weighted by Gasteiger charge is -2.33. The Morgan fingerprint density at radius 2 is 1.79 bits per heavy atom. The Balaban J connectivity index is 1.86. The molecular formula is C25H26F3N3O2. The molecule has 0 saturated carbocycles. The summed E-state index contributed by atoms with van der Waals surface area (Å²) in [6, 6.07) is 17.6. The van der Waals surface area contributed by atoms with Crippen molar-refractivity contribution in [2.45, 2.75) is 25.1 Å². The zero-order valence-corrected chi connectivity index (χ0v) is 18.5.